The smallest absolute Gasteiger partial charge is 0.320 e. The minimum Gasteiger partial charge on any atom is -0.480 e. The zero-order chi connectivity index (χ0) is 12.2. The molecule has 0 aliphatic carbocycles. The van der Waals surface area contributed by atoms with E-state index < -0.39 is 24.9 Å². The molecule has 0 aromatic carbocycles. The van der Waals surface area contributed by atoms with Crippen LogP contribution >= 0.6 is 0 Å². The molecule has 0 radical (unpaired) electrons. The Hall–Kier alpha value is -1.08. The van der Waals surface area contributed by atoms with E-state index in [-0.39, 0.29) is 5.92 Å². The SMILES string of the molecule is [2H]C(N[C@H](C(=O)O)C(C)C)C([2H])([2H])C#N. The Balaban J connectivity index is 4.58. The molecule has 0 aromatic rings. The van der Waals surface area contributed by atoms with Gasteiger partial charge in [-0.15, -0.1) is 0 Å². The lowest BCUT2D eigenvalue weighted by Crippen LogP contribution is -2.41. The van der Waals surface area contributed by atoms with Gasteiger partial charge in [-0.25, -0.2) is 0 Å². The first-order valence-corrected chi connectivity index (χ1v) is 3.54. The topological polar surface area (TPSA) is 73.1 Å². The van der Waals surface area contributed by atoms with Crippen molar-refractivity contribution in [2.45, 2.75) is 26.3 Å². The molecule has 0 aliphatic heterocycles. The van der Waals surface area contributed by atoms with Gasteiger partial charge in [0.05, 0.1) is 6.07 Å². The molecular formula is C8H14N2O2. The van der Waals surface area contributed by atoms with Crippen LogP contribution in [0, 0.1) is 17.2 Å². The summed E-state index contributed by atoms with van der Waals surface area (Å²) in [5.74, 6) is -1.44. The fourth-order valence-corrected chi connectivity index (χ4v) is 0.713. The van der Waals surface area contributed by atoms with Crippen LogP contribution in [0.2, 0.25) is 0 Å². The van der Waals surface area contributed by atoms with Gasteiger partial charge in [-0.05, 0) is 5.92 Å². The maximum atomic E-state index is 10.7. The highest BCUT2D eigenvalue weighted by Crippen LogP contribution is 2.00. The van der Waals surface area contributed by atoms with E-state index in [0.29, 0.717) is 0 Å². The van der Waals surface area contributed by atoms with Crippen molar-refractivity contribution >= 4 is 5.97 Å². The van der Waals surface area contributed by atoms with Crippen molar-refractivity contribution in [2.75, 3.05) is 6.52 Å². The van der Waals surface area contributed by atoms with E-state index in [1.807, 2.05) is 0 Å². The first-order chi connectivity index (χ1) is 6.72. The number of rotatable bonds is 5. The summed E-state index contributed by atoms with van der Waals surface area (Å²) in [6.45, 7) is 1.70. The molecule has 0 saturated heterocycles. The third kappa shape index (κ3) is 3.94. The van der Waals surface area contributed by atoms with Gasteiger partial charge in [0.15, 0.2) is 0 Å². The van der Waals surface area contributed by atoms with E-state index in [2.05, 4.69) is 5.32 Å². The summed E-state index contributed by atoms with van der Waals surface area (Å²) in [4.78, 5) is 10.7. The van der Waals surface area contributed by atoms with Gasteiger partial charge in [-0.3, -0.25) is 4.79 Å². The predicted octanol–water partition coefficient (Wildman–Crippen LogP) is 0.599. The minimum atomic E-state index is -2.40. The van der Waals surface area contributed by atoms with Crippen molar-refractivity contribution in [3.8, 4) is 6.07 Å². The molecule has 1 unspecified atom stereocenters. The van der Waals surface area contributed by atoms with Gasteiger partial charge in [0.2, 0.25) is 0 Å². The Morgan fingerprint density at radius 2 is 2.42 bits per heavy atom. The lowest BCUT2D eigenvalue weighted by molar-refractivity contribution is -0.140. The zero-order valence-electron chi connectivity index (χ0n) is 10.0. The number of carboxylic acids is 1. The molecule has 0 rings (SSSR count). The number of nitrogens with one attached hydrogen (secondary N) is 1. The van der Waals surface area contributed by atoms with Gasteiger partial charge in [-0.1, -0.05) is 13.8 Å². The van der Waals surface area contributed by atoms with E-state index in [1.54, 1.807) is 13.8 Å². The number of hydrogen-bond acceptors (Lipinski definition) is 3. The van der Waals surface area contributed by atoms with Gasteiger partial charge in [-0.2, -0.15) is 5.26 Å². The van der Waals surface area contributed by atoms with Crippen molar-refractivity contribution in [1.29, 1.82) is 5.26 Å². The van der Waals surface area contributed by atoms with Crippen LogP contribution in [0.15, 0.2) is 0 Å². The number of aliphatic carboxylic acids is 1. The number of carboxylic acid groups (broad SMARTS) is 1. The Morgan fingerprint density at radius 1 is 1.83 bits per heavy atom. The number of carbonyl (C=O) groups is 1. The second-order valence-electron chi connectivity index (χ2n) is 2.63. The quantitative estimate of drug-likeness (QED) is 0.638. The van der Waals surface area contributed by atoms with Crippen LogP contribution in [0.3, 0.4) is 0 Å². The van der Waals surface area contributed by atoms with E-state index in [0.717, 1.165) is 0 Å². The van der Waals surface area contributed by atoms with E-state index in [9.17, 15) is 4.79 Å². The summed E-state index contributed by atoms with van der Waals surface area (Å²) < 4.78 is 21.6. The van der Waals surface area contributed by atoms with Crippen molar-refractivity contribution in [3.05, 3.63) is 0 Å². The predicted molar refractivity (Wildman–Crippen MR) is 44.5 cm³/mol. The Labute approximate surface area is 76.4 Å². The zero-order valence-corrected chi connectivity index (χ0v) is 7.03. The molecule has 4 nitrogen and oxygen atoms in total. The number of nitrogens with zero attached hydrogens (tertiary/aromatic N) is 1. The van der Waals surface area contributed by atoms with Gasteiger partial charge in [0, 0.05) is 17.0 Å². The Bertz CT molecular complexity index is 276. The van der Waals surface area contributed by atoms with Crippen LogP contribution in [0.1, 0.15) is 24.3 Å². The van der Waals surface area contributed by atoms with Crippen molar-refractivity contribution < 1.29 is 14.0 Å². The number of nitriles is 1. The van der Waals surface area contributed by atoms with Gasteiger partial charge in [0.1, 0.15) is 6.04 Å². The molecule has 2 N–H and O–H groups in total. The molecule has 0 amide bonds. The van der Waals surface area contributed by atoms with E-state index >= 15 is 0 Å². The van der Waals surface area contributed by atoms with Crippen molar-refractivity contribution in [1.82, 2.24) is 5.32 Å². The largest absolute Gasteiger partial charge is 0.480 e. The maximum Gasteiger partial charge on any atom is 0.320 e. The summed E-state index contributed by atoms with van der Waals surface area (Å²) >= 11 is 0. The molecule has 0 fully saturated rings. The fourth-order valence-electron chi connectivity index (χ4n) is 0.713. The van der Waals surface area contributed by atoms with Crippen LogP contribution < -0.4 is 5.32 Å². The minimum absolute atomic E-state index is 0.287. The summed E-state index contributed by atoms with van der Waals surface area (Å²) in [6, 6.07) is 0.283. The standard InChI is InChI=1S/C8H14N2O2/c1-6(2)7(8(11)12)10-5-3-4-9/h6-7,10H,3,5H2,1-2H3,(H,11,12)/t7-/m0/s1/i3D2,5D/t5?,7-. The van der Waals surface area contributed by atoms with Crippen LogP contribution in [-0.2, 0) is 4.79 Å². The molecule has 68 valence electrons. The highest BCUT2D eigenvalue weighted by Gasteiger charge is 2.19. The van der Waals surface area contributed by atoms with Crippen LogP contribution in [-0.4, -0.2) is 23.6 Å². The molecule has 0 heterocycles. The second kappa shape index (κ2) is 5.56. The Morgan fingerprint density at radius 3 is 2.75 bits per heavy atom. The molecule has 4 heteroatoms. The molecule has 12 heavy (non-hydrogen) atoms. The van der Waals surface area contributed by atoms with Crippen LogP contribution in [0.25, 0.3) is 0 Å². The molecule has 2 atom stereocenters. The van der Waals surface area contributed by atoms with Crippen LogP contribution in [0.5, 0.6) is 0 Å². The molecule has 0 saturated carbocycles. The highest BCUT2D eigenvalue weighted by molar-refractivity contribution is 5.73. The summed E-state index contributed by atoms with van der Waals surface area (Å²) in [5, 5.41) is 19.5. The lowest BCUT2D eigenvalue weighted by atomic mass is 10.1. The maximum absolute atomic E-state index is 10.7. The molecule has 0 bridgehead atoms. The molecule has 0 aromatic heterocycles. The van der Waals surface area contributed by atoms with E-state index in [1.165, 1.54) is 6.07 Å². The molecule has 0 aliphatic rings. The monoisotopic (exact) mass is 173 g/mol. The summed E-state index contributed by atoms with van der Waals surface area (Å²) in [6.07, 6.45) is -2.40. The third-order valence-electron chi connectivity index (χ3n) is 1.33. The highest BCUT2D eigenvalue weighted by atomic mass is 16.4. The first kappa shape index (κ1) is 6.44. The second-order valence-corrected chi connectivity index (χ2v) is 2.63. The lowest BCUT2D eigenvalue weighted by Gasteiger charge is -2.16. The van der Waals surface area contributed by atoms with Crippen molar-refractivity contribution in [2.24, 2.45) is 5.92 Å². The Kier molecular flexibility index (Phi) is 2.98. The van der Waals surface area contributed by atoms with Gasteiger partial charge in [0.25, 0.3) is 0 Å². The van der Waals surface area contributed by atoms with E-state index in [4.69, 9.17) is 14.5 Å². The molecular weight excluding hydrogens is 156 g/mol. The average Bonchev–Trinajstić information content (AvgIpc) is 2.12. The first-order valence-electron chi connectivity index (χ1n) is 5.12. The van der Waals surface area contributed by atoms with Gasteiger partial charge >= 0.3 is 5.97 Å². The average molecular weight is 173 g/mol. The molecule has 0 spiro atoms. The third-order valence-corrected chi connectivity index (χ3v) is 1.33. The fraction of sp³-hybridized carbons (Fsp3) is 0.750. The summed E-state index contributed by atoms with van der Waals surface area (Å²) in [5.41, 5.74) is 0. The number of hydrogen-bond donors (Lipinski definition) is 2. The summed E-state index contributed by atoms with van der Waals surface area (Å²) in [7, 11) is 0. The van der Waals surface area contributed by atoms with Crippen LogP contribution in [0.4, 0.5) is 0 Å². The normalized spacial score (nSPS) is 20.0. The van der Waals surface area contributed by atoms with Crippen molar-refractivity contribution in [3.63, 3.8) is 0 Å². The van der Waals surface area contributed by atoms with Gasteiger partial charge < -0.3 is 10.4 Å².